The summed E-state index contributed by atoms with van der Waals surface area (Å²) in [5.41, 5.74) is 3.64. The zero-order valence-corrected chi connectivity index (χ0v) is 14.0. The summed E-state index contributed by atoms with van der Waals surface area (Å²) in [6.07, 6.45) is -3.82. The van der Waals surface area contributed by atoms with Gasteiger partial charge in [-0.25, -0.2) is 4.39 Å². The second-order valence-corrected chi connectivity index (χ2v) is 5.82. The standard InChI is InChI=1S/C21H16F4O/c1-2-14-3-5-15(6-4-14)17-9-12-19(20(22)13-17)16-7-10-18(11-8-16)26-21(23,24)25/h3-13H,2H2,1H3. The molecule has 26 heavy (non-hydrogen) atoms. The number of hydrogen-bond acceptors (Lipinski definition) is 1. The Morgan fingerprint density at radius 2 is 1.35 bits per heavy atom. The lowest BCUT2D eigenvalue weighted by atomic mass is 9.98. The van der Waals surface area contributed by atoms with Crippen LogP contribution in [0.4, 0.5) is 17.6 Å². The molecule has 0 aliphatic rings. The van der Waals surface area contributed by atoms with Gasteiger partial charge in [0.25, 0.3) is 0 Å². The molecule has 0 unspecified atom stereocenters. The van der Waals surface area contributed by atoms with E-state index in [0.717, 1.165) is 17.5 Å². The highest BCUT2D eigenvalue weighted by atomic mass is 19.4. The Bertz CT molecular complexity index is 881. The molecule has 0 aliphatic heterocycles. The Morgan fingerprint density at radius 3 is 1.88 bits per heavy atom. The SMILES string of the molecule is CCc1ccc(-c2ccc(-c3ccc(OC(F)(F)F)cc3)c(F)c2)cc1. The third kappa shape index (κ3) is 4.23. The predicted molar refractivity (Wildman–Crippen MR) is 93.3 cm³/mol. The van der Waals surface area contributed by atoms with Crippen molar-refractivity contribution in [1.29, 1.82) is 0 Å². The van der Waals surface area contributed by atoms with Crippen LogP contribution in [0.25, 0.3) is 22.3 Å². The van der Waals surface area contributed by atoms with Gasteiger partial charge in [-0.2, -0.15) is 0 Å². The zero-order valence-electron chi connectivity index (χ0n) is 14.0. The van der Waals surface area contributed by atoms with Crippen LogP contribution < -0.4 is 4.74 Å². The van der Waals surface area contributed by atoms with Crippen LogP contribution in [0.2, 0.25) is 0 Å². The third-order valence-corrected chi connectivity index (χ3v) is 4.06. The van der Waals surface area contributed by atoms with Crippen molar-refractivity contribution in [2.45, 2.75) is 19.7 Å². The minimum Gasteiger partial charge on any atom is -0.406 e. The average Bonchev–Trinajstić information content (AvgIpc) is 2.61. The summed E-state index contributed by atoms with van der Waals surface area (Å²) in [4.78, 5) is 0. The number of ether oxygens (including phenoxy) is 1. The van der Waals surface area contributed by atoms with Crippen LogP contribution in [0.15, 0.2) is 66.7 Å². The molecule has 3 aromatic rings. The van der Waals surface area contributed by atoms with Crippen LogP contribution in [0.3, 0.4) is 0 Å². The molecule has 0 heterocycles. The third-order valence-electron chi connectivity index (χ3n) is 4.06. The van der Waals surface area contributed by atoms with Gasteiger partial charge in [0.2, 0.25) is 0 Å². The van der Waals surface area contributed by atoms with Crippen molar-refractivity contribution in [3.05, 3.63) is 78.1 Å². The van der Waals surface area contributed by atoms with Gasteiger partial charge in [-0.05, 0) is 46.9 Å². The van der Waals surface area contributed by atoms with E-state index < -0.39 is 12.2 Å². The van der Waals surface area contributed by atoms with E-state index in [4.69, 9.17) is 0 Å². The molecule has 0 aromatic heterocycles. The molecule has 0 N–H and O–H groups in total. The molecule has 0 bridgehead atoms. The lowest BCUT2D eigenvalue weighted by Gasteiger charge is -2.10. The molecule has 0 saturated carbocycles. The molecule has 0 amide bonds. The zero-order chi connectivity index (χ0) is 18.7. The number of alkyl halides is 3. The molecule has 1 nitrogen and oxygen atoms in total. The Kier molecular flexibility index (Phi) is 4.98. The minimum atomic E-state index is -4.75. The summed E-state index contributed by atoms with van der Waals surface area (Å²) in [5, 5.41) is 0. The van der Waals surface area contributed by atoms with E-state index in [2.05, 4.69) is 11.7 Å². The quantitative estimate of drug-likeness (QED) is 0.475. The number of rotatable bonds is 4. The first-order valence-electron chi connectivity index (χ1n) is 8.11. The molecule has 0 saturated heterocycles. The largest absolute Gasteiger partial charge is 0.573 e. The van der Waals surface area contributed by atoms with E-state index >= 15 is 0 Å². The Labute approximate surface area is 148 Å². The first-order chi connectivity index (χ1) is 12.4. The second kappa shape index (κ2) is 7.20. The molecular weight excluding hydrogens is 344 g/mol. The molecule has 5 heteroatoms. The van der Waals surface area contributed by atoms with Gasteiger partial charge in [0.1, 0.15) is 11.6 Å². The fourth-order valence-electron chi connectivity index (χ4n) is 2.70. The van der Waals surface area contributed by atoms with Gasteiger partial charge in [-0.1, -0.05) is 55.5 Å². The Morgan fingerprint density at radius 1 is 0.769 bits per heavy atom. The van der Waals surface area contributed by atoms with Gasteiger partial charge >= 0.3 is 6.36 Å². The smallest absolute Gasteiger partial charge is 0.406 e. The fraction of sp³-hybridized carbons (Fsp3) is 0.143. The molecule has 134 valence electrons. The molecule has 0 atom stereocenters. The first kappa shape index (κ1) is 18.0. The van der Waals surface area contributed by atoms with E-state index in [1.165, 1.54) is 35.9 Å². The normalized spacial score (nSPS) is 11.4. The van der Waals surface area contributed by atoms with Crippen LogP contribution in [-0.4, -0.2) is 6.36 Å². The maximum Gasteiger partial charge on any atom is 0.573 e. The second-order valence-electron chi connectivity index (χ2n) is 5.82. The molecule has 0 radical (unpaired) electrons. The van der Waals surface area contributed by atoms with Crippen LogP contribution >= 0.6 is 0 Å². The van der Waals surface area contributed by atoms with Crippen LogP contribution in [0.1, 0.15) is 12.5 Å². The Hall–Kier alpha value is -2.82. The van der Waals surface area contributed by atoms with Gasteiger partial charge in [0.05, 0.1) is 0 Å². The van der Waals surface area contributed by atoms with E-state index in [-0.39, 0.29) is 5.75 Å². The van der Waals surface area contributed by atoms with E-state index in [9.17, 15) is 17.6 Å². The molecule has 0 aliphatic carbocycles. The summed E-state index contributed by atoms with van der Waals surface area (Å²) in [6, 6.07) is 17.9. The summed E-state index contributed by atoms with van der Waals surface area (Å²) >= 11 is 0. The molecule has 0 spiro atoms. The molecular formula is C21H16F4O. The fourth-order valence-corrected chi connectivity index (χ4v) is 2.70. The van der Waals surface area contributed by atoms with Gasteiger partial charge in [-0.3, -0.25) is 0 Å². The van der Waals surface area contributed by atoms with E-state index in [1.54, 1.807) is 12.1 Å². The van der Waals surface area contributed by atoms with E-state index in [0.29, 0.717) is 11.1 Å². The van der Waals surface area contributed by atoms with Crippen LogP contribution in [-0.2, 0) is 6.42 Å². The molecule has 3 rings (SSSR count). The molecule has 3 aromatic carbocycles. The number of benzene rings is 3. The average molecular weight is 360 g/mol. The number of hydrogen-bond donors (Lipinski definition) is 0. The van der Waals surface area contributed by atoms with Crippen LogP contribution in [0.5, 0.6) is 5.75 Å². The summed E-state index contributed by atoms with van der Waals surface area (Å²) in [5.74, 6) is -0.777. The summed E-state index contributed by atoms with van der Waals surface area (Å²) < 4.78 is 55.0. The van der Waals surface area contributed by atoms with Gasteiger partial charge in [-0.15, -0.1) is 13.2 Å². The highest BCUT2D eigenvalue weighted by Gasteiger charge is 2.31. The predicted octanol–water partition coefficient (Wildman–Crippen LogP) is 6.62. The van der Waals surface area contributed by atoms with E-state index in [1.807, 2.05) is 24.3 Å². The van der Waals surface area contributed by atoms with Crippen molar-refractivity contribution in [1.82, 2.24) is 0 Å². The topological polar surface area (TPSA) is 9.23 Å². The lowest BCUT2D eigenvalue weighted by molar-refractivity contribution is -0.274. The number of halogens is 4. The molecule has 0 fully saturated rings. The van der Waals surface area contributed by atoms with Crippen molar-refractivity contribution in [3.63, 3.8) is 0 Å². The van der Waals surface area contributed by atoms with Gasteiger partial charge in [0, 0.05) is 5.56 Å². The maximum atomic E-state index is 14.5. The number of aryl methyl sites for hydroxylation is 1. The maximum absolute atomic E-state index is 14.5. The lowest BCUT2D eigenvalue weighted by Crippen LogP contribution is -2.16. The highest BCUT2D eigenvalue weighted by molar-refractivity contribution is 5.71. The first-order valence-corrected chi connectivity index (χ1v) is 8.11. The Balaban J connectivity index is 1.85. The van der Waals surface area contributed by atoms with Crippen molar-refractivity contribution < 1.29 is 22.3 Å². The van der Waals surface area contributed by atoms with Crippen molar-refractivity contribution >= 4 is 0 Å². The minimum absolute atomic E-state index is 0.317. The van der Waals surface area contributed by atoms with Crippen molar-refractivity contribution in [2.75, 3.05) is 0 Å². The monoisotopic (exact) mass is 360 g/mol. The van der Waals surface area contributed by atoms with Crippen molar-refractivity contribution in [3.8, 4) is 28.0 Å². The summed E-state index contributed by atoms with van der Waals surface area (Å²) in [7, 11) is 0. The summed E-state index contributed by atoms with van der Waals surface area (Å²) in [6.45, 7) is 2.06. The highest BCUT2D eigenvalue weighted by Crippen LogP contribution is 2.30. The van der Waals surface area contributed by atoms with Crippen molar-refractivity contribution in [2.24, 2.45) is 0 Å². The van der Waals surface area contributed by atoms with Gasteiger partial charge < -0.3 is 4.74 Å². The van der Waals surface area contributed by atoms with Gasteiger partial charge in [0.15, 0.2) is 0 Å². The van der Waals surface area contributed by atoms with Crippen LogP contribution in [0, 0.1) is 5.82 Å².